The Bertz CT molecular complexity index is 362. The van der Waals surface area contributed by atoms with Crippen LogP contribution in [0.1, 0.15) is 57.8 Å². The molecule has 1 aliphatic carbocycles. The molecule has 1 saturated carbocycles. The maximum atomic E-state index is 13.0. The van der Waals surface area contributed by atoms with Crippen LogP contribution in [-0.4, -0.2) is 41.0 Å². The van der Waals surface area contributed by atoms with Gasteiger partial charge in [-0.15, -0.1) is 0 Å². The van der Waals surface area contributed by atoms with Gasteiger partial charge >= 0.3 is 5.97 Å². The molecule has 5 heteroatoms. The van der Waals surface area contributed by atoms with Crippen molar-refractivity contribution < 1.29 is 14.7 Å². The molecule has 2 rings (SSSR count). The Hall–Kier alpha value is -1.10. The molecule has 0 unspecified atom stereocenters. The SMILES string of the molecule is NCC1(C(=O)N2CCCC[C@@H]2C(=O)O)CCCCCC1. The third-order valence-corrected chi connectivity index (χ3v) is 4.95. The lowest BCUT2D eigenvalue weighted by atomic mass is 9.78. The van der Waals surface area contributed by atoms with Crippen molar-refractivity contribution in [1.29, 1.82) is 0 Å². The van der Waals surface area contributed by atoms with Crippen LogP contribution in [0.5, 0.6) is 0 Å². The van der Waals surface area contributed by atoms with Gasteiger partial charge in [-0.1, -0.05) is 25.7 Å². The second-order valence-corrected chi connectivity index (χ2v) is 6.25. The van der Waals surface area contributed by atoms with Crippen molar-refractivity contribution in [2.45, 2.75) is 63.8 Å². The molecule has 0 aromatic rings. The largest absolute Gasteiger partial charge is 0.480 e. The van der Waals surface area contributed by atoms with E-state index < -0.39 is 17.4 Å². The number of nitrogens with two attached hydrogens (primary N) is 1. The maximum absolute atomic E-state index is 13.0. The van der Waals surface area contributed by atoms with Crippen molar-refractivity contribution in [3.63, 3.8) is 0 Å². The Morgan fingerprint density at radius 1 is 1.10 bits per heavy atom. The number of carbonyl (C=O) groups is 2. The average molecular weight is 282 g/mol. The summed E-state index contributed by atoms with van der Waals surface area (Å²) in [6, 6.07) is -0.650. The van der Waals surface area contributed by atoms with E-state index in [-0.39, 0.29) is 5.91 Å². The van der Waals surface area contributed by atoms with Crippen molar-refractivity contribution in [2.24, 2.45) is 11.1 Å². The van der Waals surface area contributed by atoms with Gasteiger partial charge < -0.3 is 15.7 Å². The van der Waals surface area contributed by atoms with Gasteiger partial charge in [0.25, 0.3) is 0 Å². The number of likely N-dealkylation sites (tertiary alicyclic amines) is 1. The predicted octanol–water partition coefficient (Wildman–Crippen LogP) is 1.75. The molecule has 20 heavy (non-hydrogen) atoms. The minimum Gasteiger partial charge on any atom is -0.480 e. The number of hydrogen-bond acceptors (Lipinski definition) is 3. The van der Waals surface area contributed by atoms with E-state index in [1.165, 1.54) is 0 Å². The molecule has 114 valence electrons. The van der Waals surface area contributed by atoms with E-state index in [2.05, 4.69) is 0 Å². The summed E-state index contributed by atoms with van der Waals surface area (Å²) in [5.74, 6) is -0.882. The zero-order chi connectivity index (χ0) is 14.6. The van der Waals surface area contributed by atoms with E-state index in [4.69, 9.17) is 5.73 Å². The molecule has 1 saturated heterocycles. The number of hydrogen-bond donors (Lipinski definition) is 2. The highest BCUT2D eigenvalue weighted by Gasteiger charge is 2.44. The van der Waals surface area contributed by atoms with E-state index in [0.717, 1.165) is 51.4 Å². The molecule has 5 nitrogen and oxygen atoms in total. The quantitative estimate of drug-likeness (QED) is 0.772. The fourth-order valence-electron chi connectivity index (χ4n) is 3.65. The summed E-state index contributed by atoms with van der Waals surface area (Å²) in [6.07, 6.45) is 8.32. The summed E-state index contributed by atoms with van der Waals surface area (Å²) in [4.78, 5) is 25.9. The smallest absolute Gasteiger partial charge is 0.326 e. The molecule has 1 amide bonds. The molecular weight excluding hydrogens is 256 g/mol. The summed E-state index contributed by atoms with van der Waals surface area (Å²) in [5, 5.41) is 9.34. The van der Waals surface area contributed by atoms with Crippen molar-refractivity contribution in [2.75, 3.05) is 13.1 Å². The molecule has 3 N–H and O–H groups in total. The van der Waals surface area contributed by atoms with Gasteiger partial charge in [-0.25, -0.2) is 4.79 Å². The second-order valence-electron chi connectivity index (χ2n) is 6.25. The normalized spacial score (nSPS) is 26.9. The highest BCUT2D eigenvalue weighted by molar-refractivity contribution is 5.88. The number of carboxylic acid groups (broad SMARTS) is 1. The number of piperidine rings is 1. The fourth-order valence-corrected chi connectivity index (χ4v) is 3.65. The molecule has 0 aromatic carbocycles. The van der Waals surface area contributed by atoms with Crippen LogP contribution in [0.3, 0.4) is 0 Å². The van der Waals surface area contributed by atoms with Crippen LogP contribution in [-0.2, 0) is 9.59 Å². The van der Waals surface area contributed by atoms with Gasteiger partial charge in [-0.05, 0) is 32.1 Å². The summed E-state index contributed by atoms with van der Waals surface area (Å²) in [5.41, 5.74) is 5.43. The minimum atomic E-state index is -0.876. The van der Waals surface area contributed by atoms with Crippen molar-refractivity contribution in [1.82, 2.24) is 4.90 Å². The molecule has 0 bridgehead atoms. The van der Waals surface area contributed by atoms with Crippen LogP contribution in [0.2, 0.25) is 0 Å². The molecular formula is C15H26N2O3. The van der Waals surface area contributed by atoms with E-state index in [0.29, 0.717) is 19.5 Å². The lowest BCUT2D eigenvalue weighted by Gasteiger charge is -2.40. The Balaban J connectivity index is 2.19. The first kappa shape index (κ1) is 15.3. The molecule has 1 aliphatic heterocycles. The summed E-state index contributed by atoms with van der Waals surface area (Å²) in [7, 11) is 0. The maximum Gasteiger partial charge on any atom is 0.326 e. The monoisotopic (exact) mass is 282 g/mol. The van der Waals surface area contributed by atoms with Gasteiger partial charge in [0.1, 0.15) is 6.04 Å². The first-order valence-electron chi connectivity index (χ1n) is 7.85. The first-order valence-corrected chi connectivity index (χ1v) is 7.85. The average Bonchev–Trinajstić information content (AvgIpc) is 2.72. The van der Waals surface area contributed by atoms with E-state index in [1.54, 1.807) is 4.90 Å². The van der Waals surface area contributed by atoms with Gasteiger partial charge in [0.2, 0.25) is 5.91 Å². The number of amides is 1. The molecule has 2 aliphatic rings. The Morgan fingerprint density at radius 2 is 1.75 bits per heavy atom. The van der Waals surface area contributed by atoms with E-state index in [9.17, 15) is 14.7 Å². The minimum absolute atomic E-state index is 0.00556. The highest BCUT2D eigenvalue weighted by atomic mass is 16.4. The zero-order valence-electron chi connectivity index (χ0n) is 12.1. The van der Waals surface area contributed by atoms with Gasteiger partial charge in [0.15, 0.2) is 0 Å². The third kappa shape index (κ3) is 2.97. The van der Waals surface area contributed by atoms with Crippen LogP contribution >= 0.6 is 0 Å². The second kappa shape index (κ2) is 6.57. The summed E-state index contributed by atoms with van der Waals surface area (Å²) >= 11 is 0. The number of carboxylic acids is 1. The number of carbonyl (C=O) groups excluding carboxylic acids is 1. The molecule has 0 radical (unpaired) electrons. The van der Waals surface area contributed by atoms with E-state index >= 15 is 0 Å². The standard InChI is InChI=1S/C15H26N2O3/c16-11-15(8-4-1-2-5-9-15)14(20)17-10-6-3-7-12(17)13(18)19/h12H,1-11,16H2,(H,18,19)/t12-/m1/s1. The van der Waals surface area contributed by atoms with Gasteiger partial charge in [-0.3, -0.25) is 4.79 Å². The fraction of sp³-hybridized carbons (Fsp3) is 0.867. The number of aliphatic carboxylic acids is 1. The van der Waals surface area contributed by atoms with Crippen LogP contribution in [0.25, 0.3) is 0 Å². The summed E-state index contributed by atoms with van der Waals surface area (Å²) in [6.45, 7) is 0.909. The van der Waals surface area contributed by atoms with Crippen LogP contribution in [0, 0.1) is 5.41 Å². The summed E-state index contributed by atoms with van der Waals surface area (Å²) < 4.78 is 0. The third-order valence-electron chi connectivity index (χ3n) is 4.95. The Kier molecular flexibility index (Phi) is 5.02. The predicted molar refractivity (Wildman–Crippen MR) is 76.2 cm³/mol. The van der Waals surface area contributed by atoms with Crippen molar-refractivity contribution in [3.8, 4) is 0 Å². The molecule has 0 spiro atoms. The van der Waals surface area contributed by atoms with Crippen molar-refractivity contribution in [3.05, 3.63) is 0 Å². The van der Waals surface area contributed by atoms with Gasteiger partial charge in [0, 0.05) is 13.1 Å². The van der Waals surface area contributed by atoms with Crippen molar-refractivity contribution >= 4 is 11.9 Å². The number of nitrogens with zero attached hydrogens (tertiary/aromatic N) is 1. The van der Waals surface area contributed by atoms with Crippen LogP contribution in [0.15, 0.2) is 0 Å². The lowest BCUT2D eigenvalue weighted by molar-refractivity contribution is -0.157. The highest BCUT2D eigenvalue weighted by Crippen LogP contribution is 2.37. The van der Waals surface area contributed by atoms with Gasteiger partial charge in [0.05, 0.1) is 5.41 Å². The van der Waals surface area contributed by atoms with Crippen LogP contribution in [0.4, 0.5) is 0 Å². The molecule has 2 fully saturated rings. The lowest BCUT2D eigenvalue weighted by Crippen LogP contribution is -2.55. The Labute approximate surface area is 120 Å². The number of rotatable bonds is 3. The zero-order valence-corrected chi connectivity index (χ0v) is 12.1. The van der Waals surface area contributed by atoms with Gasteiger partial charge in [-0.2, -0.15) is 0 Å². The van der Waals surface area contributed by atoms with Crippen LogP contribution < -0.4 is 5.73 Å². The molecule has 0 aromatic heterocycles. The first-order chi connectivity index (χ1) is 9.60. The molecule has 1 heterocycles. The topological polar surface area (TPSA) is 83.6 Å². The molecule has 1 atom stereocenters. The Morgan fingerprint density at radius 3 is 2.30 bits per heavy atom. The van der Waals surface area contributed by atoms with E-state index in [1.807, 2.05) is 0 Å².